The average Bonchev–Trinajstić information content (AvgIpc) is 2.61. The summed E-state index contributed by atoms with van der Waals surface area (Å²) in [6.07, 6.45) is 0. The van der Waals surface area contributed by atoms with Gasteiger partial charge in [-0.05, 0) is 5.56 Å². The number of benzene rings is 1. The highest BCUT2D eigenvalue weighted by molar-refractivity contribution is 5.14. The molecule has 2 N–H and O–H groups in total. The van der Waals surface area contributed by atoms with Crippen LogP contribution in [0.1, 0.15) is 11.4 Å². The first-order valence-corrected chi connectivity index (χ1v) is 4.60. The van der Waals surface area contributed by atoms with Crippen LogP contribution < -0.4 is 5.69 Å². The van der Waals surface area contributed by atoms with E-state index in [2.05, 4.69) is 10.1 Å². The third-order valence-corrected chi connectivity index (χ3v) is 2.05. The molecule has 0 aliphatic heterocycles. The maximum absolute atomic E-state index is 11.3. The zero-order valence-corrected chi connectivity index (χ0v) is 8.05. The fraction of sp³-hybridized carbons (Fsp3) is 0.200. The summed E-state index contributed by atoms with van der Waals surface area (Å²) < 4.78 is 1.29. The molecule has 0 radical (unpaired) electrons. The lowest BCUT2D eigenvalue weighted by atomic mass is 10.2. The Kier molecular flexibility index (Phi) is 2.64. The number of H-pyrrole nitrogens is 1. The van der Waals surface area contributed by atoms with Gasteiger partial charge in [0.15, 0.2) is 5.82 Å². The van der Waals surface area contributed by atoms with E-state index in [1.165, 1.54) is 4.68 Å². The molecule has 1 heterocycles. The summed E-state index contributed by atoms with van der Waals surface area (Å²) in [5.41, 5.74) is 0.693. The van der Waals surface area contributed by atoms with Gasteiger partial charge >= 0.3 is 5.69 Å². The van der Waals surface area contributed by atoms with E-state index in [0.29, 0.717) is 6.54 Å². The molecule has 0 amide bonds. The van der Waals surface area contributed by atoms with Crippen LogP contribution in [0.4, 0.5) is 0 Å². The monoisotopic (exact) mass is 205 g/mol. The van der Waals surface area contributed by atoms with Gasteiger partial charge < -0.3 is 5.11 Å². The lowest BCUT2D eigenvalue weighted by Crippen LogP contribution is -2.18. The molecule has 1 aromatic heterocycles. The number of hydrogen-bond acceptors (Lipinski definition) is 3. The van der Waals surface area contributed by atoms with Crippen LogP contribution in [0.2, 0.25) is 0 Å². The van der Waals surface area contributed by atoms with E-state index >= 15 is 0 Å². The maximum Gasteiger partial charge on any atom is 0.343 e. The molecule has 1 aromatic carbocycles. The number of nitrogens with one attached hydrogen (secondary N) is 1. The summed E-state index contributed by atoms with van der Waals surface area (Å²) >= 11 is 0. The molecular weight excluding hydrogens is 194 g/mol. The van der Waals surface area contributed by atoms with Gasteiger partial charge in [0.25, 0.3) is 0 Å². The number of aromatic nitrogens is 3. The van der Waals surface area contributed by atoms with Crippen molar-refractivity contribution in [3.05, 3.63) is 52.2 Å². The molecule has 5 heteroatoms. The second kappa shape index (κ2) is 4.10. The van der Waals surface area contributed by atoms with Crippen LogP contribution in [0.15, 0.2) is 35.1 Å². The van der Waals surface area contributed by atoms with Gasteiger partial charge in [-0.1, -0.05) is 30.3 Å². The lowest BCUT2D eigenvalue weighted by molar-refractivity contribution is 0.270. The number of aliphatic hydroxyl groups is 1. The number of hydrogen-bond donors (Lipinski definition) is 2. The van der Waals surface area contributed by atoms with Gasteiger partial charge in [0.2, 0.25) is 0 Å². The van der Waals surface area contributed by atoms with E-state index in [1.54, 1.807) is 0 Å². The van der Waals surface area contributed by atoms with Crippen LogP contribution in [-0.4, -0.2) is 19.9 Å². The van der Waals surface area contributed by atoms with Gasteiger partial charge in [-0.2, -0.15) is 5.10 Å². The number of aliphatic hydroxyl groups excluding tert-OH is 1. The Morgan fingerprint density at radius 1 is 1.33 bits per heavy atom. The Labute approximate surface area is 86.0 Å². The van der Waals surface area contributed by atoms with Gasteiger partial charge in [-0.15, -0.1) is 0 Å². The van der Waals surface area contributed by atoms with Gasteiger partial charge in [0, 0.05) is 0 Å². The zero-order chi connectivity index (χ0) is 10.7. The number of rotatable bonds is 3. The van der Waals surface area contributed by atoms with Crippen molar-refractivity contribution in [3.8, 4) is 0 Å². The Morgan fingerprint density at radius 2 is 2.07 bits per heavy atom. The van der Waals surface area contributed by atoms with Crippen LogP contribution in [0.3, 0.4) is 0 Å². The second-order valence-corrected chi connectivity index (χ2v) is 3.18. The molecule has 0 bridgehead atoms. The number of aromatic amines is 1. The van der Waals surface area contributed by atoms with E-state index in [9.17, 15) is 4.79 Å². The first kappa shape index (κ1) is 9.67. The first-order valence-electron chi connectivity index (χ1n) is 4.60. The molecule has 0 unspecified atom stereocenters. The van der Waals surface area contributed by atoms with E-state index in [4.69, 9.17) is 5.11 Å². The highest BCUT2D eigenvalue weighted by atomic mass is 16.3. The minimum Gasteiger partial charge on any atom is -0.388 e. The van der Waals surface area contributed by atoms with E-state index < -0.39 is 0 Å². The summed E-state index contributed by atoms with van der Waals surface area (Å²) in [5, 5.41) is 12.7. The van der Waals surface area contributed by atoms with Crippen molar-refractivity contribution in [2.24, 2.45) is 0 Å². The summed E-state index contributed by atoms with van der Waals surface area (Å²) in [6, 6.07) is 9.55. The van der Waals surface area contributed by atoms with Gasteiger partial charge in [-0.25, -0.2) is 9.48 Å². The molecule has 0 aliphatic rings. The molecule has 5 nitrogen and oxygen atoms in total. The summed E-state index contributed by atoms with van der Waals surface area (Å²) in [7, 11) is 0. The quantitative estimate of drug-likeness (QED) is 0.747. The summed E-state index contributed by atoms with van der Waals surface area (Å²) in [4.78, 5) is 13.8. The molecule has 0 saturated heterocycles. The third-order valence-electron chi connectivity index (χ3n) is 2.05. The Morgan fingerprint density at radius 3 is 2.67 bits per heavy atom. The molecule has 0 aliphatic carbocycles. The molecule has 0 atom stereocenters. The Balaban J connectivity index is 2.25. The van der Waals surface area contributed by atoms with Crippen molar-refractivity contribution >= 4 is 0 Å². The van der Waals surface area contributed by atoms with E-state index in [0.717, 1.165) is 5.56 Å². The maximum atomic E-state index is 11.3. The summed E-state index contributed by atoms with van der Waals surface area (Å²) in [5.74, 6) is 0.288. The van der Waals surface area contributed by atoms with Crippen LogP contribution in [0.5, 0.6) is 0 Å². The molecule has 78 valence electrons. The zero-order valence-electron chi connectivity index (χ0n) is 8.05. The molecule has 15 heavy (non-hydrogen) atoms. The van der Waals surface area contributed by atoms with E-state index in [1.807, 2.05) is 30.3 Å². The minimum atomic E-state index is -0.303. The van der Waals surface area contributed by atoms with Crippen molar-refractivity contribution in [1.29, 1.82) is 0 Å². The minimum absolute atomic E-state index is 0.253. The molecule has 0 spiro atoms. The summed E-state index contributed by atoms with van der Waals surface area (Å²) in [6.45, 7) is 0.160. The topological polar surface area (TPSA) is 70.9 Å². The van der Waals surface area contributed by atoms with Crippen molar-refractivity contribution in [2.75, 3.05) is 0 Å². The normalized spacial score (nSPS) is 10.5. The van der Waals surface area contributed by atoms with Crippen molar-refractivity contribution in [3.63, 3.8) is 0 Å². The molecule has 2 rings (SSSR count). The number of nitrogens with zero attached hydrogens (tertiary/aromatic N) is 2. The predicted octanol–water partition coefficient (Wildman–Crippen LogP) is 0.112. The second-order valence-electron chi connectivity index (χ2n) is 3.18. The van der Waals surface area contributed by atoms with Crippen LogP contribution in [-0.2, 0) is 13.2 Å². The Hall–Kier alpha value is -1.88. The lowest BCUT2D eigenvalue weighted by Gasteiger charge is -1.98. The van der Waals surface area contributed by atoms with E-state index in [-0.39, 0.29) is 18.1 Å². The van der Waals surface area contributed by atoms with Gasteiger partial charge in [0.1, 0.15) is 6.61 Å². The van der Waals surface area contributed by atoms with Gasteiger partial charge in [-0.3, -0.25) is 4.98 Å². The fourth-order valence-electron chi connectivity index (χ4n) is 1.34. The smallest absolute Gasteiger partial charge is 0.343 e. The Bertz CT molecular complexity index is 487. The molecular formula is C10H11N3O2. The van der Waals surface area contributed by atoms with Gasteiger partial charge in [0.05, 0.1) is 6.54 Å². The SMILES string of the molecule is O=c1[nH]c(CO)nn1Cc1ccccc1. The van der Waals surface area contributed by atoms with Crippen LogP contribution in [0.25, 0.3) is 0 Å². The van der Waals surface area contributed by atoms with Crippen LogP contribution >= 0.6 is 0 Å². The highest BCUT2D eigenvalue weighted by Gasteiger charge is 2.03. The standard InChI is InChI=1S/C10H11N3O2/c14-7-9-11-10(15)13(12-9)6-8-4-2-1-3-5-8/h1-5,14H,6-7H2,(H,11,12,15). The van der Waals surface area contributed by atoms with Crippen molar-refractivity contribution in [1.82, 2.24) is 14.8 Å². The molecule has 0 fully saturated rings. The predicted molar refractivity (Wildman–Crippen MR) is 54.3 cm³/mol. The largest absolute Gasteiger partial charge is 0.388 e. The van der Waals surface area contributed by atoms with Crippen molar-refractivity contribution < 1.29 is 5.11 Å². The average molecular weight is 205 g/mol. The van der Waals surface area contributed by atoms with Crippen molar-refractivity contribution in [2.45, 2.75) is 13.2 Å². The molecule has 0 saturated carbocycles. The third kappa shape index (κ3) is 2.13. The highest BCUT2D eigenvalue weighted by Crippen LogP contribution is 1.99. The van der Waals surface area contributed by atoms with Crippen LogP contribution in [0, 0.1) is 0 Å². The first-order chi connectivity index (χ1) is 7.29. The fourth-order valence-corrected chi connectivity index (χ4v) is 1.34. The molecule has 2 aromatic rings.